The predicted molar refractivity (Wildman–Crippen MR) is 72.1 cm³/mol. The lowest BCUT2D eigenvalue weighted by molar-refractivity contribution is -0.123. The first-order valence-corrected chi connectivity index (χ1v) is 7.20. The van der Waals surface area contributed by atoms with Crippen molar-refractivity contribution in [3.05, 3.63) is 35.6 Å². The molecule has 2 N–H and O–H groups in total. The summed E-state index contributed by atoms with van der Waals surface area (Å²) in [6.07, 6.45) is 0. The standard InChI is InChI=1S/C13H17FN2OS/c1-9(10-4-2-3-5-11(10)14)16-13(17)12-8-18-7-6-15-12/h2-5,9,12,15H,6-8H2,1H3,(H,16,17). The summed E-state index contributed by atoms with van der Waals surface area (Å²) in [4.78, 5) is 12.0. The zero-order chi connectivity index (χ0) is 13.0. The fraction of sp³-hybridized carbons (Fsp3) is 0.462. The van der Waals surface area contributed by atoms with E-state index in [1.54, 1.807) is 36.9 Å². The van der Waals surface area contributed by atoms with E-state index in [2.05, 4.69) is 10.6 Å². The molecule has 0 saturated carbocycles. The Labute approximate surface area is 111 Å². The zero-order valence-electron chi connectivity index (χ0n) is 10.3. The van der Waals surface area contributed by atoms with Crippen molar-refractivity contribution in [1.29, 1.82) is 0 Å². The molecular formula is C13H17FN2OS. The first kappa shape index (κ1) is 13.4. The van der Waals surface area contributed by atoms with Gasteiger partial charge in [0.15, 0.2) is 0 Å². The van der Waals surface area contributed by atoms with E-state index in [1.165, 1.54) is 6.07 Å². The van der Waals surface area contributed by atoms with Gasteiger partial charge in [-0.05, 0) is 13.0 Å². The highest BCUT2D eigenvalue weighted by molar-refractivity contribution is 7.99. The van der Waals surface area contributed by atoms with Gasteiger partial charge in [-0.25, -0.2) is 4.39 Å². The average molecular weight is 268 g/mol. The normalized spacial score (nSPS) is 21.3. The minimum Gasteiger partial charge on any atom is -0.348 e. The first-order chi connectivity index (χ1) is 8.68. The number of carbonyl (C=O) groups is 1. The molecule has 0 bridgehead atoms. The van der Waals surface area contributed by atoms with Crippen molar-refractivity contribution < 1.29 is 9.18 Å². The molecule has 0 aromatic heterocycles. The Morgan fingerprint density at radius 3 is 3.00 bits per heavy atom. The highest BCUT2D eigenvalue weighted by Crippen LogP contribution is 2.16. The van der Waals surface area contributed by atoms with Crippen LogP contribution in [0.3, 0.4) is 0 Å². The summed E-state index contributed by atoms with van der Waals surface area (Å²) in [6.45, 7) is 2.64. The summed E-state index contributed by atoms with van der Waals surface area (Å²) >= 11 is 1.76. The van der Waals surface area contributed by atoms with E-state index in [0.717, 1.165) is 18.1 Å². The van der Waals surface area contributed by atoms with Gasteiger partial charge in [0.1, 0.15) is 5.82 Å². The van der Waals surface area contributed by atoms with Crippen LogP contribution in [0, 0.1) is 5.82 Å². The molecule has 2 unspecified atom stereocenters. The Morgan fingerprint density at radius 2 is 2.33 bits per heavy atom. The molecule has 1 aromatic carbocycles. The van der Waals surface area contributed by atoms with Crippen molar-refractivity contribution in [2.45, 2.75) is 19.0 Å². The molecule has 2 atom stereocenters. The Balaban J connectivity index is 1.96. The minimum absolute atomic E-state index is 0.0575. The maximum absolute atomic E-state index is 13.6. The van der Waals surface area contributed by atoms with Crippen LogP contribution < -0.4 is 10.6 Å². The number of rotatable bonds is 3. The third-order valence-electron chi connectivity index (χ3n) is 2.97. The number of hydrogen-bond acceptors (Lipinski definition) is 3. The maximum atomic E-state index is 13.6. The van der Waals surface area contributed by atoms with E-state index in [-0.39, 0.29) is 23.8 Å². The quantitative estimate of drug-likeness (QED) is 0.877. The van der Waals surface area contributed by atoms with Crippen LogP contribution >= 0.6 is 11.8 Å². The van der Waals surface area contributed by atoms with Crippen LogP contribution in [0.1, 0.15) is 18.5 Å². The molecule has 1 aliphatic heterocycles. The van der Waals surface area contributed by atoms with Gasteiger partial charge in [-0.3, -0.25) is 4.79 Å². The third kappa shape index (κ3) is 3.23. The number of carbonyl (C=O) groups excluding carboxylic acids is 1. The Kier molecular flexibility index (Phi) is 4.60. The van der Waals surface area contributed by atoms with E-state index >= 15 is 0 Å². The zero-order valence-corrected chi connectivity index (χ0v) is 11.1. The van der Waals surface area contributed by atoms with Crippen molar-refractivity contribution >= 4 is 17.7 Å². The summed E-state index contributed by atoms with van der Waals surface area (Å²) < 4.78 is 13.6. The van der Waals surface area contributed by atoms with Crippen molar-refractivity contribution in [2.75, 3.05) is 18.1 Å². The molecule has 1 heterocycles. The lowest BCUT2D eigenvalue weighted by Crippen LogP contribution is -2.49. The SMILES string of the molecule is CC(NC(=O)C1CSCCN1)c1ccccc1F. The number of amides is 1. The molecule has 1 fully saturated rings. The van der Waals surface area contributed by atoms with Crippen molar-refractivity contribution in [3.63, 3.8) is 0 Å². The smallest absolute Gasteiger partial charge is 0.238 e. The molecule has 18 heavy (non-hydrogen) atoms. The third-order valence-corrected chi connectivity index (χ3v) is 4.03. The summed E-state index contributed by atoms with van der Waals surface area (Å²) in [5.74, 6) is 1.47. The summed E-state index contributed by atoms with van der Waals surface area (Å²) in [5.41, 5.74) is 0.523. The van der Waals surface area contributed by atoms with E-state index in [4.69, 9.17) is 0 Å². The molecule has 5 heteroatoms. The van der Waals surface area contributed by atoms with Crippen LogP contribution in [-0.2, 0) is 4.79 Å². The number of thioether (sulfide) groups is 1. The van der Waals surface area contributed by atoms with Gasteiger partial charge in [-0.1, -0.05) is 18.2 Å². The highest BCUT2D eigenvalue weighted by atomic mass is 32.2. The molecule has 1 aliphatic rings. The van der Waals surface area contributed by atoms with Gasteiger partial charge in [-0.15, -0.1) is 0 Å². The van der Waals surface area contributed by atoms with Crippen molar-refractivity contribution in [2.24, 2.45) is 0 Å². The van der Waals surface area contributed by atoms with Crippen LogP contribution in [-0.4, -0.2) is 30.0 Å². The van der Waals surface area contributed by atoms with Gasteiger partial charge < -0.3 is 10.6 Å². The largest absolute Gasteiger partial charge is 0.348 e. The second-order valence-corrected chi connectivity index (χ2v) is 5.48. The minimum atomic E-state index is -0.313. The van der Waals surface area contributed by atoms with Crippen LogP contribution in [0.5, 0.6) is 0 Å². The number of nitrogens with one attached hydrogen (secondary N) is 2. The monoisotopic (exact) mass is 268 g/mol. The lowest BCUT2D eigenvalue weighted by atomic mass is 10.1. The fourth-order valence-electron chi connectivity index (χ4n) is 1.95. The molecule has 1 saturated heterocycles. The Bertz CT molecular complexity index is 421. The molecular weight excluding hydrogens is 251 g/mol. The number of halogens is 1. The van der Waals surface area contributed by atoms with Crippen molar-refractivity contribution in [1.82, 2.24) is 10.6 Å². The molecule has 3 nitrogen and oxygen atoms in total. The van der Waals surface area contributed by atoms with Crippen LogP contribution in [0.25, 0.3) is 0 Å². The van der Waals surface area contributed by atoms with Gasteiger partial charge in [0.2, 0.25) is 5.91 Å². The van der Waals surface area contributed by atoms with Crippen LogP contribution in [0.4, 0.5) is 4.39 Å². The molecule has 0 aliphatic carbocycles. The summed E-state index contributed by atoms with van der Waals surface area (Å²) in [6, 6.07) is 6.05. The van der Waals surface area contributed by atoms with Crippen molar-refractivity contribution in [3.8, 4) is 0 Å². The molecule has 2 rings (SSSR count). The predicted octanol–water partition coefficient (Wildman–Crippen LogP) is 1.71. The summed E-state index contributed by atoms with van der Waals surface area (Å²) in [5, 5.41) is 6.02. The fourth-order valence-corrected chi connectivity index (χ4v) is 2.89. The molecule has 1 aromatic rings. The average Bonchev–Trinajstić information content (AvgIpc) is 2.40. The van der Waals surface area contributed by atoms with E-state index in [9.17, 15) is 9.18 Å². The second-order valence-electron chi connectivity index (χ2n) is 4.33. The van der Waals surface area contributed by atoms with Gasteiger partial charge in [0.05, 0.1) is 12.1 Å². The molecule has 1 amide bonds. The Hall–Kier alpha value is -1.07. The molecule has 98 valence electrons. The second kappa shape index (κ2) is 6.20. The maximum Gasteiger partial charge on any atom is 0.238 e. The Morgan fingerprint density at radius 1 is 1.56 bits per heavy atom. The highest BCUT2D eigenvalue weighted by Gasteiger charge is 2.23. The summed E-state index contributed by atoms with van der Waals surface area (Å²) in [7, 11) is 0. The van der Waals surface area contributed by atoms with Gasteiger partial charge >= 0.3 is 0 Å². The van der Waals surface area contributed by atoms with E-state index in [0.29, 0.717) is 5.56 Å². The lowest BCUT2D eigenvalue weighted by Gasteiger charge is -2.24. The van der Waals surface area contributed by atoms with E-state index < -0.39 is 0 Å². The molecule has 0 spiro atoms. The van der Waals surface area contributed by atoms with Gasteiger partial charge in [0.25, 0.3) is 0 Å². The number of hydrogen-bond donors (Lipinski definition) is 2. The number of benzene rings is 1. The van der Waals surface area contributed by atoms with Crippen LogP contribution in [0.15, 0.2) is 24.3 Å². The molecule has 0 radical (unpaired) electrons. The van der Waals surface area contributed by atoms with Gasteiger partial charge in [-0.2, -0.15) is 11.8 Å². The van der Waals surface area contributed by atoms with Crippen LogP contribution in [0.2, 0.25) is 0 Å². The van der Waals surface area contributed by atoms with Gasteiger partial charge in [0, 0.05) is 23.6 Å². The van der Waals surface area contributed by atoms with E-state index in [1.807, 2.05) is 0 Å². The first-order valence-electron chi connectivity index (χ1n) is 6.04. The topological polar surface area (TPSA) is 41.1 Å².